The first-order chi connectivity index (χ1) is 14.0. The first-order valence-corrected chi connectivity index (χ1v) is 10.5. The first kappa shape index (κ1) is 19.6. The van der Waals surface area contributed by atoms with Crippen molar-refractivity contribution in [2.24, 2.45) is 11.0 Å². The van der Waals surface area contributed by atoms with Gasteiger partial charge in [-0.05, 0) is 49.1 Å². The van der Waals surface area contributed by atoms with Gasteiger partial charge in [-0.1, -0.05) is 87.7 Å². The zero-order valence-electron chi connectivity index (χ0n) is 16.5. The summed E-state index contributed by atoms with van der Waals surface area (Å²) in [7, 11) is 0. The van der Waals surface area contributed by atoms with Crippen molar-refractivity contribution in [2.75, 3.05) is 0 Å². The smallest absolute Gasteiger partial charge is 0.244 e. The van der Waals surface area contributed by atoms with Crippen molar-refractivity contribution in [3.05, 3.63) is 105 Å². The van der Waals surface area contributed by atoms with Gasteiger partial charge in [-0.15, -0.1) is 0 Å². The van der Waals surface area contributed by atoms with Crippen LogP contribution in [-0.4, -0.2) is 12.1 Å². The van der Waals surface area contributed by atoms with Gasteiger partial charge in [-0.2, -0.15) is 5.10 Å². The molecule has 146 valence electrons. The van der Waals surface area contributed by atoms with Gasteiger partial charge in [0.1, 0.15) is 0 Å². The highest BCUT2D eigenvalue weighted by Crippen LogP contribution is 2.59. The van der Waals surface area contributed by atoms with Gasteiger partial charge in [0, 0.05) is 9.89 Å². The fourth-order valence-corrected chi connectivity index (χ4v) is 4.29. The summed E-state index contributed by atoms with van der Waals surface area (Å²) in [5.74, 6) is -0.172. The number of hydrogen-bond donors (Lipinski definition) is 1. The quantitative estimate of drug-likeness (QED) is 0.406. The Kier molecular flexibility index (Phi) is 5.37. The monoisotopic (exact) mass is 446 g/mol. The van der Waals surface area contributed by atoms with Gasteiger partial charge in [0.05, 0.1) is 12.1 Å². The molecule has 3 nitrogen and oxygen atoms in total. The summed E-state index contributed by atoms with van der Waals surface area (Å²) in [4.78, 5) is 12.9. The van der Waals surface area contributed by atoms with Crippen molar-refractivity contribution in [3.63, 3.8) is 0 Å². The molecule has 3 aromatic carbocycles. The number of aryl methyl sites for hydroxylation is 2. The Hall–Kier alpha value is -2.72. The Labute approximate surface area is 180 Å². The van der Waals surface area contributed by atoms with Crippen LogP contribution in [0.4, 0.5) is 0 Å². The van der Waals surface area contributed by atoms with Crippen LogP contribution in [0.2, 0.25) is 0 Å². The minimum absolute atomic E-state index is 0.0404. The molecule has 1 N–H and O–H groups in total. The lowest BCUT2D eigenvalue weighted by Gasteiger charge is -2.19. The molecule has 0 aromatic heterocycles. The predicted molar refractivity (Wildman–Crippen MR) is 121 cm³/mol. The molecule has 1 fully saturated rings. The van der Waals surface area contributed by atoms with E-state index in [0.717, 1.165) is 16.5 Å². The van der Waals surface area contributed by atoms with Gasteiger partial charge in [-0.3, -0.25) is 4.79 Å². The van der Waals surface area contributed by atoms with E-state index in [2.05, 4.69) is 88.8 Å². The van der Waals surface area contributed by atoms with Gasteiger partial charge in [0.2, 0.25) is 5.91 Å². The molecular formula is C25H23BrN2O. The fraction of sp³-hybridized carbons (Fsp3) is 0.200. The normalized spacial score (nSPS) is 17.3. The average Bonchev–Trinajstić information content (AvgIpc) is 3.47. The van der Waals surface area contributed by atoms with Crippen molar-refractivity contribution >= 4 is 28.1 Å². The summed E-state index contributed by atoms with van der Waals surface area (Å²) >= 11 is 3.42. The lowest BCUT2D eigenvalue weighted by molar-refractivity contribution is -0.122. The molecule has 0 aliphatic heterocycles. The van der Waals surface area contributed by atoms with E-state index in [0.29, 0.717) is 0 Å². The van der Waals surface area contributed by atoms with E-state index < -0.39 is 0 Å². The van der Waals surface area contributed by atoms with E-state index in [-0.39, 0.29) is 17.2 Å². The number of rotatable bonds is 5. The van der Waals surface area contributed by atoms with Crippen LogP contribution in [0.3, 0.4) is 0 Å². The Bertz CT molecular complexity index is 1030. The van der Waals surface area contributed by atoms with E-state index in [1.54, 1.807) is 6.21 Å². The molecule has 4 rings (SSSR count). The Morgan fingerprint density at radius 2 is 1.59 bits per heavy atom. The topological polar surface area (TPSA) is 41.5 Å². The highest BCUT2D eigenvalue weighted by atomic mass is 79.9. The Balaban J connectivity index is 1.58. The molecular weight excluding hydrogens is 424 g/mol. The molecule has 1 amide bonds. The molecule has 3 aromatic rings. The van der Waals surface area contributed by atoms with Gasteiger partial charge in [-0.25, -0.2) is 5.43 Å². The molecule has 1 saturated carbocycles. The van der Waals surface area contributed by atoms with Crippen LogP contribution >= 0.6 is 15.9 Å². The molecule has 1 aliphatic rings. The number of carbonyl (C=O) groups excluding carboxylic acids is 1. The lowest BCUT2D eigenvalue weighted by Crippen LogP contribution is -2.25. The van der Waals surface area contributed by atoms with E-state index in [1.807, 2.05) is 24.3 Å². The zero-order valence-corrected chi connectivity index (χ0v) is 18.1. The maximum absolute atomic E-state index is 12.9. The molecule has 4 heteroatoms. The molecule has 1 atom stereocenters. The second-order valence-electron chi connectivity index (χ2n) is 7.75. The molecule has 0 radical (unpaired) electrons. The minimum atomic E-state index is -0.282. The van der Waals surface area contributed by atoms with E-state index in [9.17, 15) is 4.79 Å². The maximum Gasteiger partial charge on any atom is 0.244 e. The number of halogens is 1. The van der Waals surface area contributed by atoms with Crippen LogP contribution in [0.5, 0.6) is 0 Å². The van der Waals surface area contributed by atoms with Crippen molar-refractivity contribution in [2.45, 2.75) is 25.7 Å². The summed E-state index contributed by atoms with van der Waals surface area (Å²) in [5, 5.41) is 4.18. The van der Waals surface area contributed by atoms with Crippen molar-refractivity contribution in [1.82, 2.24) is 5.43 Å². The standard InChI is InChI=1S/C25H23BrN2O/c1-17-5-3-7-20(13-17)25(21-8-4-6-18(2)14-21)15-23(25)24(29)28-27-16-19-9-11-22(26)12-10-19/h3-14,16,23H,15H2,1-2H3,(H,28,29)/b27-16-. The van der Waals surface area contributed by atoms with E-state index in [1.165, 1.54) is 22.3 Å². The highest BCUT2D eigenvalue weighted by molar-refractivity contribution is 9.10. The second kappa shape index (κ2) is 7.96. The predicted octanol–water partition coefficient (Wildman–Crippen LogP) is 5.52. The summed E-state index contributed by atoms with van der Waals surface area (Å²) in [5.41, 5.74) is 8.20. The third kappa shape index (κ3) is 4.03. The number of amides is 1. The summed E-state index contributed by atoms with van der Waals surface area (Å²) in [6.45, 7) is 4.18. The summed E-state index contributed by atoms with van der Waals surface area (Å²) in [6, 6.07) is 24.8. The number of benzene rings is 3. The SMILES string of the molecule is Cc1cccc(C2(c3cccc(C)c3)CC2C(=O)N/N=C\c2ccc(Br)cc2)c1. The molecule has 0 saturated heterocycles. The average molecular weight is 447 g/mol. The highest BCUT2D eigenvalue weighted by Gasteiger charge is 2.60. The fourth-order valence-electron chi connectivity index (χ4n) is 4.03. The number of nitrogens with zero attached hydrogens (tertiary/aromatic N) is 1. The Morgan fingerprint density at radius 1 is 1.00 bits per heavy atom. The third-order valence-corrected chi connectivity index (χ3v) is 6.13. The van der Waals surface area contributed by atoms with Crippen LogP contribution in [0, 0.1) is 19.8 Å². The molecule has 1 unspecified atom stereocenters. The molecule has 29 heavy (non-hydrogen) atoms. The summed E-state index contributed by atoms with van der Waals surface area (Å²) in [6.07, 6.45) is 2.47. The molecule has 0 heterocycles. The largest absolute Gasteiger partial charge is 0.273 e. The van der Waals surface area contributed by atoms with E-state index in [4.69, 9.17) is 0 Å². The number of nitrogens with one attached hydrogen (secondary N) is 1. The van der Waals surface area contributed by atoms with Crippen molar-refractivity contribution < 1.29 is 4.79 Å². The lowest BCUT2D eigenvalue weighted by atomic mass is 9.84. The minimum Gasteiger partial charge on any atom is -0.273 e. The molecule has 0 bridgehead atoms. The Morgan fingerprint density at radius 3 is 2.14 bits per heavy atom. The van der Waals surface area contributed by atoms with Crippen LogP contribution < -0.4 is 5.43 Å². The zero-order chi connectivity index (χ0) is 20.4. The van der Waals surface area contributed by atoms with Gasteiger partial charge >= 0.3 is 0 Å². The second-order valence-corrected chi connectivity index (χ2v) is 8.67. The number of carbonyl (C=O) groups is 1. The van der Waals surface area contributed by atoms with Gasteiger partial charge in [0.25, 0.3) is 0 Å². The number of hydrazone groups is 1. The summed E-state index contributed by atoms with van der Waals surface area (Å²) < 4.78 is 1.01. The first-order valence-electron chi connectivity index (χ1n) is 9.72. The van der Waals surface area contributed by atoms with Crippen LogP contribution in [0.15, 0.2) is 82.4 Å². The van der Waals surface area contributed by atoms with E-state index >= 15 is 0 Å². The van der Waals surface area contributed by atoms with Gasteiger partial charge in [0.15, 0.2) is 0 Å². The van der Waals surface area contributed by atoms with Crippen LogP contribution in [0.1, 0.15) is 34.2 Å². The number of hydrogen-bond acceptors (Lipinski definition) is 2. The third-order valence-electron chi connectivity index (χ3n) is 5.60. The van der Waals surface area contributed by atoms with Gasteiger partial charge < -0.3 is 0 Å². The van der Waals surface area contributed by atoms with Crippen molar-refractivity contribution in [1.29, 1.82) is 0 Å². The van der Waals surface area contributed by atoms with Crippen LogP contribution in [0.25, 0.3) is 0 Å². The van der Waals surface area contributed by atoms with Crippen LogP contribution in [-0.2, 0) is 10.2 Å². The molecule has 1 aliphatic carbocycles. The maximum atomic E-state index is 12.9. The molecule has 0 spiro atoms. The van der Waals surface area contributed by atoms with Crippen molar-refractivity contribution in [3.8, 4) is 0 Å².